The van der Waals surface area contributed by atoms with Crippen molar-refractivity contribution in [1.29, 1.82) is 0 Å². The number of fused-ring (bicyclic) bond motifs is 1. The molecule has 0 bridgehead atoms. The Kier molecular flexibility index (Phi) is 6.68. The maximum atomic E-state index is 13.4. The van der Waals surface area contributed by atoms with Crippen molar-refractivity contribution in [1.82, 2.24) is 24.6 Å². The van der Waals surface area contributed by atoms with Crippen LogP contribution in [0.3, 0.4) is 0 Å². The molecule has 0 unspecified atom stereocenters. The molecule has 12 nitrogen and oxygen atoms in total. The fraction of sp³-hybridized carbons (Fsp3) is 0.240. The molecular weight excluding hydrogens is 514 g/mol. The first-order valence-corrected chi connectivity index (χ1v) is 13.5. The molecule has 1 amide bonds. The number of H-pyrrole nitrogens is 1. The second-order valence-electron chi connectivity index (χ2n) is 8.74. The summed E-state index contributed by atoms with van der Waals surface area (Å²) >= 11 is 0. The zero-order valence-corrected chi connectivity index (χ0v) is 20.9. The lowest BCUT2D eigenvalue weighted by molar-refractivity contribution is 0.0952. The predicted octanol–water partition coefficient (Wildman–Crippen LogP) is 1.02. The summed E-state index contributed by atoms with van der Waals surface area (Å²) < 4.78 is 32.4. The topological polar surface area (TPSA) is 166 Å². The standard InChI is InChI=1S/C25H23N5O7S/c31-21(18-10-8-17(9-11-18)20-27-24(33)37-28-20)26-12-4-13-29-22(32)19(16-6-2-1-3-7-16)23-30(25(29)34)14-5-15-38(23,35)36/h1-3,6-11H,4-5,12-15H2,(H,26,31)(H,27,28,33). The van der Waals surface area contributed by atoms with Crippen LogP contribution >= 0.6 is 0 Å². The van der Waals surface area contributed by atoms with Crippen LogP contribution in [0.25, 0.3) is 22.5 Å². The Bertz CT molecular complexity index is 1780. The first kappa shape index (κ1) is 25.1. The van der Waals surface area contributed by atoms with E-state index in [2.05, 4.69) is 20.0 Å². The number of amides is 1. The minimum Gasteiger partial charge on any atom is -0.352 e. The minimum atomic E-state index is -3.80. The number of carbonyl (C=O) groups excluding carboxylic acids is 1. The number of nitrogens with one attached hydrogen (secondary N) is 2. The molecule has 2 aromatic heterocycles. The summed E-state index contributed by atoms with van der Waals surface area (Å²) in [6.07, 6.45) is 0.544. The van der Waals surface area contributed by atoms with E-state index in [1.165, 1.54) is 4.57 Å². The van der Waals surface area contributed by atoms with Gasteiger partial charge in [-0.3, -0.25) is 28.2 Å². The molecule has 0 saturated heterocycles. The predicted molar refractivity (Wildman–Crippen MR) is 137 cm³/mol. The SMILES string of the molecule is O=C(NCCCn1c(=O)c(-c2ccccc2)c2n(c1=O)CCCS2(=O)=O)c1ccc(-c2noc(=O)[nH]2)cc1. The van der Waals surface area contributed by atoms with Gasteiger partial charge < -0.3 is 5.32 Å². The number of rotatable bonds is 7. The van der Waals surface area contributed by atoms with Gasteiger partial charge in [0.25, 0.3) is 11.5 Å². The zero-order valence-electron chi connectivity index (χ0n) is 20.0. The molecule has 38 heavy (non-hydrogen) atoms. The van der Waals surface area contributed by atoms with E-state index in [9.17, 15) is 27.6 Å². The van der Waals surface area contributed by atoms with Crippen LogP contribution in [0.2, 0.25) is 0 Å². The van der Waals surface area contributed by atoms with Gasteiger partial charge in [0.2, 0.25) is 0 Å². The molecule has 0 saturated carbocycles. The van der Waals surface area contributed by atoms with Crippen LogP contribution in [-0.2, 0) is 22.9 Å². The Hall–Kier alpha value is -4.52. The molecule has 3 heterocycles. The lowest BCUT2D eigenvalue weighted by atomic mass is 10.1. The molecule has 0 spiro atoms. The van der Waals surface area contributed by atoms with Gasteiger partial charge in [0, 0.05) is 30.8 Å². The smallest absolute Gasteiger partial charge is 0.352 e. The number of sulfone groups is 1. The third kappa shape index (κ3) is 4.75. The summed E-state index contributed by atoms with van der Waals surface area (Å²) in [5, 5.41) is 6.11. The minimum absolute atomic E-state index is 0.00340. The summed E-state index contributed by atoms with van der Waals surface area (Å²) in [7, 11) is -3.80. The highest BCUT2D eigenvalue weighted by molar-refractivity contribution is 7.91. The molecule has 0 radical (unpaired) electrons. The molecule has 5 rings (SSSR count). The van der Waals surface area contributed by atoms with Gasteiger partial charge in [0.1, 0.15) is 0 Å². The van der Waals surface area contributed by atoms with E-state index in [-0.39, 0.29) is 60.5 Å². The summed E-state index contributed by atoms with van der Waals surface area (Å²) in [4.78, 5) is 52.6. The van der Waals surface area contributed by atoms with Gasteiger partial charge in [-0.1, -0.05) is 47.6 Å². The Morgan fingerprint density at radius 3 is 2.45 bits per heavy atom. The highest BCUT2D eigenvalue weighted by Crippen LogP contribution is 2.27. The molecule has 1 aliphatic heterocycles. The Balaban J connectivity index is 1.34. The van der Waals surface area contributed by atoms with E-state index in [0.717, 1.165) is 4.57 Å². The van der Waals surface area contributed by atoms with Crippen molar-refractivity contribution < 1.29 is 17.7 Å². The van der Waals surface area contributed by atoms with E-state index >= 15 is 0 Å². The Morgan fingerprint density at radius 1 is 1.03 bits per heavy atom. The average molecular weight is 538 g/mol. The fourth-order valence-electron chi connectivity index (χ4n) is 4.43. The first-order valence-electron chi connectivity index (χ1n) is 11.9. The van der Waals surface area contributed by atoms with E-state index in [4.69, 9.17) is 0 Å². The molecule has 1 aliphatic rings. The van der Waals surface area contributed by atoms with Gasteiger partial charge in [-0.05, 0) is 30.5 Å². The highest BCUT2D eigenvalue weighted by atomic mass is 32.2. The van der Waals surface area contributed by atoms with Crippen LogP contribution in [0.5, 0.6) is 0 Å². The van der Waals surface area contributed by atoms with Gasteiger partial charge in [-0.25, -0.2) is 18.0 Å². The third-order valence-electron chi connectivity index (χ3n) is 6.24. The highest BCUT2D eigenvalue weighted by Gasteiger charge is 2.32. The van der Waals surface area contributed by atoms with E-state index in [0.29, 0.717) is 16.7 Å². The van der Waals surface area contributed by atoms with Gasteiger partial charge in [0.05, 0.1) is 11.3 Å². The van der Waals surface area contributed by atoms with Crippen molar-refractivity contribution in [3.05, 3.63) is 91.5 Å². The molecule has 2 aromatic carbocycles. The lowest BCUT2D eigenvalue weighted by Gasteiger charge is -2.23. The van der Waals surface area contributed by atoms with E-state index in [1.807, 2.05) is 0 Å². The zero-order chi connectivity index (χ0) is 26.9. The van der Waals surface area contributed by atoms with E-state index < -0.39 is 26.8 Å². The van der Waals surface area contributed by atoms with Crippen molar-refractivity contribution >= 4 is 15.7 Å². The Labute approximate surface area is 215 Å². The fourth-order valence-corrected chi connectivity index (χ4v) is 6.16. The van der Waals surface area contributed by atoms with Crippen molar-refractivity contribution in [2.75, 3.05) is 12.3 Å². The first-order chi connectivity index (χ1) is 18.3. The Morgan fingerprint density at radius 2 is 1.76 bits per heavy atom. The summed E-state index contributed by atoms with van der Waals surface area (Å²) in [6.45, 7) is 0.364. The second-order valence-corrected chi connectivity index (χ2v) is 10.8. The maximum Gasteiger partial charge on any atom is 0.439 e. The van der Waals surface area contributed by atoms with Crippen LogP contribution < -0.4 is 22.3 Å². The van der Waals surface area contributed by atoms with Crippen LogP contribution in [-0.4, -0.2) is 45.9 Å². The molecule has 0 fully saturated rings. The second kappa shape index (κ2) is 10.1. The number of carbonyl (C=O) groups is 1. The maximum absolute atomic E-state index is 13.4. The van der Waals surface area contributed by atoms with Crippen LogP contribution in [0.15, 0.2) is 78.5 Å². The summed E-state index contributed by atoms with van der Waals surface area (Å²) in [5.41, 5.74) is -0.0148. The van der Waals surface area contributed by atoms with Crippen molar-refractivity contribution in [2.24, 2.45) is 0 Å². The van der Waals surface area contributed by atoms with Gasteiger partial charge in [-0.2, -0.15) is 0 Å². The van der Waals surface area contributed by atoms with Gasteiger partial charge >= 0.3 is 11.4 Å². The number of aromatic amines is 1. The molecular formula is C25H23N5O7S. The average Bonchev–Trinajstić information content (AvgIpc) is 3.35. The summed E-state index contributed by atoms with van der Waals surface area (Å²) in [6, 6.07) is 14.8. The molecule has 0 aliphatic carbocycles. The van der Waals surface area contributed by atoms with E-state index in [1.54, 1.807) is 54.6 Å². The quantitative estimate of drug-likeness (QED) is 0.260. The third-order valence-corrected chi connectivity index (χ3v) is 8.08. The number of aromatic nitrogens is 4. The number of benzene rings is 2. The molecule has 4 aromatic rings. The van der Waals surface area contributed by atoms with Crippen molar-refractivity contribution in [3.8, 4) is 22.5 Å². The number of hydrogen-bond donors (Lipinski definition) is 2. The lowest BCUT2D eigenvalue weighted by Crippen LogP contribution is -2.45. The van der Waals surface area contributed by atoms with Crippen LogP contribution in [0, 0.1) is 0 Å². The van der Waals surface area contributed by atoms with Crippen molar-refractivity contribution in [3.63, 3.8) is 0 Å². The largest absolute Gasteiger partial charge is 0.439 e. The van der Waals surface area contributed by atoms with Gasteiger partial charge in [-0.15, -0.1) is 0 Å². The molecule has 196 valence electrons. The summed E-state index contributed by atoms with van der Waals surface area (Å²) in [5.74, 6) is -0.932. The number of hydrogen-bond acceptors (Lipinski definition) is 8. The number of nitrogens with zero attached hydrogens (tertiary/aromatic N) is 3. The van der Waals surface area contributed by atoms with Crippen molar-refractivity contribution in [2.45, 2.75) is 31.0 Å². The monoisotopic (exact) mass is 537 g/mol. The molecule has 13 heteroatoms. The van der Waals surface area contributed by atoms with Gasteiger partial charge in [0.15, 0.2) is 20.7 Å². The molecule has 0 atom stereocenters. The van der Waals surface area contributed by atoms with Crippen LogP contribution in [0.4, 0.5) is 0 Å². The molecule has 2 N–H and O–H groups in total. The van der Waals surface area contributed by atoms with Crippen LogP contribution in [0.1, 0.15) is 23.2 Å². The normalized spacial score (nSPS) is 14.1.